The van der Waals surface area contributed by atoms with Crippen molar-refractivity contribution in [3.63, 3.8) is 0 Å². The lowest BCUT2D eigenvalue weighted by atomic mass is 9.99. The van der Waals surface area contributed by atoms with Crippen molar-refractivity contribution in [3.05, 3.63) is 15.9 Å². The number of piperidine rings is 1. The zero-order valence-electron chi connectivity index (χ0n) is 12.8. The third-order valence-corrected chi connectivity index (χ3v) is 5.28. The van der Waals surface area contributed by atoms with Gasteiger partial charge in [0.05, 0.1) is 22.6 Å². The van der Waals surface area contributed by atoms with E-state index >= 15 is 0 Å². The van der Waals surface area contributed by atoms with E-state index < -0.39 is 0 Å². The van der Waals surface area contributed by atoms with Gasteiger partial charge in [0.2, 0.25) is 5.91 Å². The highest BCUT2D eigenvalue weighted by atomic mass is 79.9. The van der Waals surface area contributed by atoms with E-state index in [4.69, 9.17) is 0 Å². The Morgan fingerprint density at radius 1 is 1.50 bits per heavy atom. The molecule has 0 unspecified atom stereocenters. The SMILES string of the molecule is Cc1nn(C[C@@H](C)C(=O)N2CCC[C@@H](C)C2)c(C)c1Br. The van der Waals surface area contributed by atoms with Gasteiger partial charge in [0.15, 0.2) is 0 Å². The minimum Gasteiger partial charge on any atom is -0.342 e. The Balaban J connectivity index is 2.02. The number of aromatic nitrogens is 2. The van der Waals surface area contributed by atoms with Crippen LogP contribution in [-0.2, 0) is 11.3 Å². The summed E-state index contributed by atoms with van der Waals surface area (Å²) in [5, 5.41) is 4.49. The third-order valence-electron chi connectivity index (χ3n) is 4.13. The first kappa shape index (κ1) is 15.5. The van der Waals surface area contributed by atoms with Crippen LogP contribution in [0.15, 0.2) is 4.47 Å². The molecule has 0 N–H and O–H groups in total. The molecule has 0 spiro atoms. The van der Waals surface area contributed by atoms with Gasteiger partial charge in [-0.2, -0.15) is 5.10 Å². The van der Waals surface area contributed by atoms with Gasteiger partial charge < -0.3 is 4.90 Å². The molecular formula is C15H24BrN3O. The molecule has 1 fully saturated rings. The molecule has 0 radical (unpaired) electrons. The number of hydrogen-bond donors (Lipinski definition) is 0. The number of rotatable bonds is 3. The molecular weight excluding hydrogens is 318 g/mol. The van der Waals surface area contributed by atoms with E-state index in [0.29, 0.717) is 12.5 Å². The smallest absolute Gasteiger partial charge is 0.227 e. The van der Waals surface area contributed by atoms with Gasteiger partial charge in [-0.3, -0.25) is 9.48 Å². The van der Waals surface area contributed by atoms with Crippen molar-refractivity contribution >= 4 is 21.8 Å². The predicted molar refractivity (Wildman–Crippen MR) is 83.5 cm³/mol. The molecule has 1 aromatic rings. The second kappa shape index (κ2) is 6.29. The summed E-state index contributed by atoms with van der Waals surface area (Å²) >= 11 is 3.53. The first-order valence-electron chi connectivity index (χ1n) is 7.38. The molecule has 1 amide bonds. The molecule has 5 heteroatoms. The van der Waals surface area contributed by atoms with Crippen LogP contribution in [0.2, 0.25) is 0 Å². The van der Waals surface area contributed by atoms with E-state index in [1.54, 1.807) is 0 Å². The Labute approximate surface area is 129 Å². The lowest BCUT2D eigenvalue weighted by molar-refractivity contribution is -0.137. The fourth-order valence-corrected chi connectivity index (χ4v) is 3.18. The minimum atomic E-state index is -0.0230. The van der Waals surface area contributed by atoms with Gasteiger partial charge in [-0.1, -0.05) is 13.8 Å². The third kappa shape index (κ3) is 3.25. The molecule has 0 aromatic carbocycles. The summed E-state index contributed by atoms with van der Waals surface area (Å²) in [4.78, 5) is 14.6. The molecule has 20 heavy (non-hydrogen) atoms. The van der Waals surface area contributed by atoms with Gasteiger partial charge >= 0.3 is 0 Å². The Bertz CT molecular complexity index is 498. The highest BCUT2D eigenvalue weighted by molar-refractivity contribution is 9.10. The van der Waals surface area contributed by atoms with Crippen molar-refractivity contribution < 1.29 is 4.79 Å². The molecule has 112 valence electrons. The van der Waals surface area contributed by atoms with Crippen molar-refractivity contribution in [2.24, 2.45) is 11.8 Å². The maximum atomic E-state index is 12.5. The summed E-state index contributed by atoms with van der Waals surface area (Å²) in [7, 11) is 0. The van der Waals surface area contributed by atoms with Crippen molar-refractivity contribution in [2.75, 3.05) is 13.1 Å². The lowest BCUT2D eigenvalue weighted by Crippen LogP contribution is -2.42. The molecule has 2 atom stereocenters. The lowest BCUT2D eigenvalue weighted by Gasteiger charge is -2.32. The van der Waals surface area contributed by atoms with Crippen molar-refractivity contribution in [3.8, 4) is 0 Å². The van der Waals surface area contributed by atoms with Crippen LogP contribution in [0.1, 0.15) is 38.1 Å². The topological polar surface area (TPSA) is 38.1 Å². The molecule has 2 heterocycles. The number of aryl methyl sites for hydroxylation is 1. The van der Waals surface area contributed by atoms with Gasteiger partial charge in [-0.05, 0) is 48.5 Å². The monoisotopic (exact) mass is 341 g/mol. The molecule has 1 saturated heterocycles. The zero-order chi connectivity index (χ0) is 14.9. The van der Waals surface area contributed by atoms with Crippen molar-refractivity contribution in [1.82, 2.24) is 14.7 Å². The van der Waals surface area contributed by atoms with Crippen LogP contribution in [0.3, 0.4) is 0 Å². The second-order valence-corrected chi connectivity index (χ2v) is 6.89. The molecule has 1 aliphatic heterocycles. The standard InChI is InChI=1S/C15H24BrN3O/c1-10-6-5-7-18(8-10)15(20)11(2)9-19-13(4)14(16)12(3)17-19/h10-11H,5-9H2,1-4H3/t10-,11-/m1/s1. The summed E-state index contributed by atoms with van der Waals surface area (Å²) in [6.45, 7) is 10.7. The minimum absolute atomic E-state index is 0.0230. The fourth-order valence-electron chi connectivity index (χ4n) is 2.89. The molecule has 1 aromatic heterocycles. The predicted octanol–water partition coefficient (Wildman–Crippen LogP) is 3.16. The maximum absolute atomic E-state index is 12.5. The Kier molecular flexibility index (Phi) is 4.89. The number of amides is 1. The van der Waals surface area contributed by atoms with Gasteiger partial charge in [0.1, 0.15) is 0 Å². The van der Waals surface area contributed by atoms with Gasteiger partial charge in [0, 0.05) is 18.8 Å². The van der Waals surface area contributed by atoms with Gasteiger partial charge in [0.25, 0.3) is 0 Å². The van der Waals surface area contributed by atoms with Crippen molar-refractivity contribution in [2.45, 2.75) is 47.1 Å². The van der Waals surface area contributed by atoms with E-state index in [-0.39, 0.29) is 11.8 Å². The van der Waals surface area contributed by atoms with Crippen LogP contribution in [0.25, 0.3) is 0 Å². The number of hydrogen-bond acceptors (Lipinski definition) is 2. The van der Waals surface area contributed by atoms with E-state index in [1.807, 2.05) is 30.4 Å². The average Bonchev–Trinajstić information content (AvgIpc) is 2.65. The van der Waals surface area contributed by atoms with E-state index in [1.165, 1.54) is 6.42 Å². The molecule has 0 bridgehead atoms. The van der Waals surface area contributed by atoms with Crippen LogP contribution >= 0.6 is 15.9 Å². The molecule has 1 aliphatic rings. The highest BCUT2D eigenvalue weighted by Crippen LogP contribution is 2.22. The van der Waals surface area contributed by atoms with Gasteiger partial charge in [-0.15, -0.1) is 0 Å². The molecule has 0 aliphatic carbocycles. The van der Waals surface area contributed by atoms with Crippen LogP contribution in [0, 0.1) is 25.7 Å². The average molecular weight is 342 g/mol. The van der Waals surface area contributed by atoms with Gasteiger partial charge in [-0.25, -0.2) is 0 Å². The Morgan fingerprint density at radius 2 is 2.20 bits per heavy atom. The molecule has 0 saturated carbocycles. The quantitative estimate of drug-likeness (QED) is 0.846. The summed E-state index contributed by atoms with van der Waals surface area (Å²) in [6.07, 6.45) is 2.37. The Hall–Kier alpha value is -0.840. The largest absolute Gasteiger partial charge is 0.342 e. The van der Waals surface area contributed by atoms with E-state index in [2.05, 4.69) is 28.0 Å². The summed E-state index contributed by atoms with van der Waals surface area (Å²) in [5.74, 6) is 0.869. The van der Waals surface area contributed by atoms with Crippen LogP contribution in [-0.4, -0.2) is 33.7 Å². The summed E-state index contributed by atoms with van der Waals surface area (Å²) in [5.41, 5.74) is 2.07. The molecule has 2 rings (SSSR count). The number of carbonyl (C=O) groups excluding carboxylic acids is 1. The first-order chi connectivity index (χ1) is 9.40. The summed E-state index contributed by atoms with van der Waals surface area (Å²) < 4.78 is 2.98. The number of halogens is 1. The molecule has 4 nitrogen and oxygen atoms in total. The number of nitrogens with zero attached hydrogens (tertiary/aromatic N) is 3. The van der Waals surface area contributed by atoms with E-state index in [0.717, 1.165) is 35.4 Å². The first-order valence-corrected chi connectivity index (χ1v) is 8.17. The zero-order valence-corrected chi connectivity index (χ0v) is 14.4. The highest BCUT2D eigenvalue weighted by Gasteiger charge is 2.25. The van der Waals surface area contributed by atoms with Crippen LogP contribution < -0.4 is 0 Å². The van der Waals surface area contributed by atoms with E-state index in [9.17, 15) is 4.79 Å². The Morgan fingerprint density at radius 3 is 2.75 bits per heavy atom. The number of likely N-dealkylation sites (tertiary alicyclic amines) is 1. The second-order valence-electron chi connectivity index (χ2n) is 6.10. The van der Waals surface area contributed by atoms with Crippen LogP contribution in [0.4, 0.5) is 0 Å². The number of carbonyl (C=O) groups is 1. The maximum Gasteiger partial charge on any atom is 0.227 e. The van der Waals surface area contributed by atoms with Crippen molar-refractivity contribution in [1.29, 1.82) is 0 Å². The summed E-state index contributed by atoms with van der Waals surface area (Å²) in [6, 6.07) is 0. The van der Waals surface area contributed by atoms with Crippen LogP contribution in [0.5, 0.6) is 0 Å². The normalized spacial score (nSPS) is 21.1. The fraction of sp³-hybridized carbons (Fsp3) is 0.733.